The van der Waals surface area contributed by atoms with E-state index in [1.807, 2.05) is 6.92 Å². The molecule has 34 heavy (non-hydrogen) atoms. The van der Waals surface area contributed by atoms with Gasteiger partial charge in [-0.15, -0.1) is 0 Å². The summed E-state index contributed by atoms with van der Waals surface area (Å²) in [6.45, 7) is 6.33. The topological polar surface area (TPSA) is 94.2 Å². The highest BCUT2D eigenvalue weighted by Crippen LogP contribution is 2.30. The molecule has 2 aromatic carbocycles. The van der Waals surface area contributed by atoms with Gasteiger partial charge in [0.25, 0.3) is 11.8 Å². The highest BCUT2D eigenvalue weighted by Gasteiger charge is 2.35. The third-order valence-electron chi connectivity index (χ3n) is 4.84. The first-order valence-electron chi connectivity index (χ1n) is 10.6. The van der Waals surface area contributed by atoms with Crippen LogP contribution >= 0.6 is 11.6 Å². The molecule has 0 saturated carbocycles. The smallest absolute Gasteiger partial charge is 0.331 e. The number of halogens is 1. The van der Waals surface area contributed by atoms with Gasteiger partial charge in [0.2, 0.25) is 0 Å². The number of nitrogens with zero attached hydrogens (tertiary/aromatic N) is 1. The normalized spacial score (nSPS) is 14.7. The number of hydrogen-bond acceptors (Lipinski definition) is 6. The largest absolute Gasteiger partial charge is 0.493 e. The van der Waals surface area contributed by atoms with Crippen molar-refractivity contribution in [1.29, 1.82) is 0 Å². The molecule has 1 aliphatic heterocycles. The van der Waals surface area contributed by atoms with Gasteiger partial charge in [-0.05, 0) is 47.9 Å². The van der Waals surface area contributed by atoms with Gasteiger partial charge in [-0.2, -0.15) is 0 Å². The number of methoxy groups -OCH3 is 1. The Morgan fingerprint density at radius 3 is 2.50 bits per heavy atom. The Balaban J connectivity index is 1.83. The minimum Gasteiger partial charge on any atom is -0.493 e. The van der Waals surface area contributed by atoms with Gasteiger partial charge in [0.1, 0.15) is 17.9 Å². The number of imide groups is 2. The van der Waals surface area contributed by atoms with Gasteiger partial charge in [-0.25, -0.2) is 4.79 Å². The fourth-order valence-electron chi connectivity index (χ4n) is 3.20. The van der Waals surface area contributed by atoms with Crippen molar-refractivity contribution in [3.63, 3.8) is 0 Å². The second-order valence-electron chi connectivity index (χ2n) is 7.33. The first-order chi connectivity index (χ1) is 16.4. The number of ether oxygens (including phenoxy) is 3. The number of urea groups is 1. The second-order valence-corrected chi connectivity index (χ2v) is 7.74. The fourth-order valence-corrected chi connectivity index (χ4v) is 3.44. The van der Waals surface area contributed by atoms with Crippen LogP contribution in [0.2, 0.25) is 5.02 Å². The van der Waals surface area contributed by atoms with Gasteiger partial charge in [0.05, 0.1) is 25.3 Å². The van der Waals surface area contributed by atoms with E-state index in [1.165, 1.54) is 13.2 Å². The van der Waals surface area contributed by atoms with Crippen molar-refractivity contribution in [2.45, 2.75) is 19.9 Å². The summed E-state index contributed by atoms with van der Waals surface area (Å²) in [5, 5.41) is 2.52. The minimum absolute atomic E-state index is 0.0607. The molecular weight excluding hydrogens is 460 g/mol. The van der Waals surface area contributed by atoms with Gasteiger partial charge in [0.15, 0.2) is 11.5 Å². The lowest BCUT2D eigenvalue weighted by atomic mass is 10.1. The van der Waals surface area contributed by atoms with Gasteiger partial charge < -0.3 is 14.2 Å². The van der Waals surface area contributed by atoms with Crippen molar-refractivity contribution < 1.29 is 28.6 Å². The van der Waals surface area contributed by atoms with Crippen LogP contribution in [0.25, 0.3) is 6.08 Å². The van der Waals surface area contributed by atoms with Crippen LogP contribution in [-0.2, 0) is 16.1 Å². The summed E-state index contributed by atoms with van der Waals surface area (Å²) in [6, 6.07) is 9.18. The maximum Gasteiger partial charge on any atom is 0.331 e. The molecule has 0 unspecified atom stereocenters. The summed E-state index contributed by atoms with van der Waals surface area (Å²) in [5.41, 5.74) is 0.942. The van der Waals surface area contributed by atoms with Crippen LogP contribution < -0.4 is 19.5 Å². The number of carbonyl (C=O) groups is 3. The summed E-state index contributed by atoms with van der Waals surface area (Å²) in [4.78, 5) is 38.8. The van der Waals surface area contributed by atoms with Crippen LogP contribution in [0.15, 0.2) is 54.6 Å². The molecule has 178 valence electrons. The van der Waals surface area contributed by atoms with E-state index in [2.05, 4.69) is 11.9 Å². The molecule has 1 heterocycles. The lowest BCUT2D eigenvalue weighted by molar-refractivity contribution is -0.130. The number of hydrogen-bond donors (Lipinski definition) is 1. The first-order valence-corrected chi connectivity index (χ1v) is 11.0. The molecule has 4 amide bonds. The SMILES string of the molecule is C=CCOc1ccc(/C=C2\C(=O)NC(=O)N(Cc3ccc(OCCC)c(OC)c3)C2=O)cc1Cl. The molecule has 2 aromatic rings. The van der Waals surface area contributed by atoms with E-state index in [1.54, 1.807) is 42.5 Å². The van der Waals surface area contributed by atoms with Crippen LogP contribution in [0.3, 0.4) is 0 Å². The zero-order valence-corrected chi connectivity index (χ0v) is 19.7. The number of rotatable bonds is 10. The summed E-state index contributed by atoms with van der Waals surface area (Å²) in [6.07, 6.45) is 3.80. The molecule has 1 aliphatic rings. The molecule has 3 rings (SSSR count). The van der Waals surface area contributed by atoms with E-state index in [4.69, 9.17) is 25.8 Å². The highest BCUT2D eigenvalue weighted by atomic mass is 35.5. The standard InChI is InChI=1S/C25H25ClN2O6/c1-4-10-33-20-8-6-16(13-19(20)26)12-18-23(29)27-25(31)28(24(18)30)15-17-7-9-21(34-11-5-2)22(14-17)32-3/h4,6-9,12-14H,1,5,10-11,15H2,2-3H3,(H,27,29,31)/b18-12+. The minimum atomic E-state index is -0.802. The van der Waals surface area contributed by atoms with Gasteiger partial charge in [0, 0.05) is 0 Å². The summed E-state index contributed by atoms with van der Waals surface area (Å²) >= 11 is 6.23. The Labute approximate surface area is 202 Å². The number of carbonyl (C=O) groups excluding carboxylic acids is 3. The molecule has 1 fully saturated rings. The van der Waals surface area contributed by atoms with Gasteiger partial charge in [-0.3, -0.25) is 19.8 Å². The van der Waals surface area contributed by atoms with Crippen LogP contribution in [0.1, 0.15) is 24.5 Å². The van der Waals surface area contributed by atoms with Gasteiger partial charge >= 0.3 is 6.03 Å². The monoisotopic (exact) mass is 484 g/mol. The van der Waals surface area contributed by atoms with E-state index in [0.717, 1.165) is 11.3 Å². The third-order valence-corrected chi connectivity index (χ3v) is 5.14. The van der Waals surface area contributed by atoms with Crippen LogP contribution in [0, 0.1) is 0 Å². The number of amides is 4. The predicted molar refractivity (Wildman–Crippen MR) is 128 cm³/mol. The van der Waals surface area contributed by atoms with E-state index in [-0.39, 0.29) is 18.7 Å². The van der Waals surface area contributed by atoms with Crippen molar-refractivity contribution in [3.05, 3.63) is 70.8 Å². The molecule has 0 spiro atoms. The molecule has 1 saturated heterocycles. The van der Waals surface area contributed by atoms with Crippen molar-refractivity contribution in [3.8, 4) is 17.2 Å². The molecule has 0 bridgehead atoms. The summed E-state index contributed by atoms with van der Waals surface area (Å²) in [7, 11) is 1.51. The lowest BCUT2D eigenvalue weighted by Crippen LogP contribution is -2.53. The number of barbiturate groups is 1. The zero-order valence-electron chi connectivity index (χ0n) is 18.9. The highest BCUT2D eigenvalue weighted by molar-refractivity contribution is 6.33. The maximum atomic E-state index is 13.1. The molecule has 0 aliphatic carbocycles. The van der Waals surface area contributed by atoms with Crippen molar-refractivity contribution >= 4 is 35.5 Å². The first kappa shape index (κ1) is 24.9. The Bertz CT molecular complexity index is 1140. The Morgan fingerprint density at radius 2 is 1.82 bits per heavy atom. The Hall–Kier alpha value is -3.78. The molecule has 9 heteroatoms. The predicted octanol–water partition coefficient (Wildman–Crippen LogP) is 4.36. The van der Waals surface area contributed by atoms with E-state index < -0.39 is 17.8 Å². The van der Waals surface area contributed by atoms with Gasteiger partial charge in [-0.1, -0.05) is 43.3 Å². The van der Waals surface area contributed by atoms with Crippen LogP contribution in [-0.4, -0.2) is 43.1 Å². The zero-order chi connectivity index (χ0) is 24.7. The Kier molecular flexibility index (Phi) is 8.32. The molecule has 0 atom stereocenters. The van der Waals surface area contributed by atoms with E-state index >= 15 is 0 Å². The quantitative estimate of drug-likeness (QED) is 0.306. The lowest BCUT2D eigenvalue weighted by Gasteiger charge is -2.26. The average molecular weight is 485 g/mol. The molecule has 0 aromatic heterocycles. The molecule has 1 N–H and O–H groups in total. The molecular formula is C25H25ClN2O6. The summed E-state index contributed by atoms with van der Waals surface area (Å²) < 4.78 is 16.4. The fraction of sp³-hybridized carbons (Fsp3) is 0.240. The van der Waals surface area contributed by atoms with E-state index in [9.17, 15) is 14.4 Å². The van der Waals surface area contributed by atoms with Crippen molar-refractivity contribution in [1.82, 2.24) is 10.2 Å². The maximum absolute atomic E-state index is 13.1. The van der Waals surface area contributed by atoms with Crippen molar-refractivity contribution in [2.75, 3.05) is 20.3 Å². The van der Waals surface area contributed by atoms with Crippen LogP contribution in [0.4, 0.5) is 4.79 Å². The third kappa shape index (κ3) is 5.77. The molecule has 8 nitrogen and oxygen atoms in total. The van der Waals surface area contributed by atoms with Crippen LogP contribution in [0.5, 0.6) is 17.2 Å². The number of nitrogens with one attached hydrogen (secondary N) is 1. The molecule has 0 radical (unpaired) electrons. The second kappa shape index (κ2) is 11.4. The van der Waals surface area contributed by atoms with Crippen molar-refractivity contribution in [2.24, 2.45) is 0 Å². The average Bonchev–Trinajstić information content (AvgIpc) is 2.82. The summed E-state index contributed by atoms with van der Waals surface area (Å²) in [5.74, 6) is -0.00983. The van der Waals surface area contributed by atoms with E-state index in [0.29, 0.717) is 40.0 Å². The number of benzene rings is 2. The Morgan fingerprint density at radius 1 is 1.06 bits per heavy atom.